The molecule has 0 N–H and O–H groups in total. The number of sulfone groups is 1. The number of anilines is 1. The van der Waals surface area contributed by atoms with Crippen LogP contribution in [0, 0.1) is 11.8 Å². The van der Waals surface area contributed by atoms with E-state index in [0.717, 1.165) is 12.7 Å². The molecule has 1 amide bonds. The zero-order chi connectivity index (χ0) is 27.8. The van der Waals surface area contributed by atoms with Crippen molar-refractivity contribution in [1.29, 1.82) is 0 Å². The molecule has 0 bridgehead atoms. The van der Waals surface area contributed by atoms with E-state index in [9.17, 15) is 21.6 Å². The van der Waals surface area contributed by atoms with Crippen molar-refractivity contribution in [3.8, 4) is 0 Å². The summed E-state index contributed by atoms with van der Waals surface area (Å²) in [5.41, 5.74) is 0.950. The first-order valence-electron chi connectivity index (χ1n) is 12.4. The maximum atomic E-state index is 13.6. The molecule has 2 atom stereocenters. The summed E-state index contributed by atoms with van der Waals surface area (Å²) in [5.74, 6) is 0.280. The molecule has 0 aliphatic carbocycles. The quantitative estimate of drug-likeness (QED) is 0.377. The number of fused-ring (bicyclic) bond motifs is 1. The van der Waals surface area contributed by atoms with Crippen molar-refractivity contribution < 1.29 is 21.6 Å². The molecular formula is C26H35ClN4O5S3. The van der Waals surface area contributed by atoms with Gasteiger partial charge in [-0.15, -0.1) is 12.4 Å². The first-order chi connectivity index (χ1) is 17.8. The summed E-state index contributed by atoms with van der Waals surface area (Å²) < 4.78 is 52.7. The van der Waals surface area contributed by atoms with Gasteiger partial charge in [0.1, 0.15) is 0 Å². The van der Waals surface area contributed by atoms with E-state index < -0.39 is 19.9 Å². The Morgan fingerprint density at radius 1 is 0.974 bits per heavy atom. The number of carbonyl (C=O) groups is 1. The molecule has 1 aliphatic rings. The normalized spacial score (nSPS) is 18.7. The molecule has 4 rings (SSSR count). The van der Waals surface area contributed by atoms with Gasteiger partial charge in [0.25, 0.3) is 5.91 Å². The maximum absolute atomic E-state index is 13.6. The second-order valence-corrected chi connectivity index (χ2v) is 15.4. The minimum absolute atomic E-state index is 0. The fourth-order valence-electron chi connectivity index (χ4n) is 4.70. The van der Waals surface area contributed by atoms with Crippen molar-refractivity contribution in [2.24, 2.45) is 11.8 Å². The van der Waals surface area contributed by atoms with Crippen LogP contribution in [0.25, 0.3) is 10.2 Å². The molecule has 1 aliphatic heterocycles. The van der Waals surface area contributed by atoms with E-state index in [1.165, 1.54) is 33.8 Å². The summed E-state index contributed by atoms with van der Waals surface area (Å²) in [5, 5.41) is 0.450. The Bertz CT molecular complexity index is 1530. The van der Waals surface area contributed by atoms with Gasteiger partial charge >= 0.3 is 0 Å². The number of carbonyl (C=O) groups excluding carboxylic acids is 1. The standard InChI is InChI=1S/C26H34N4O5S3.ClH/c1-18-14-19(2)17-29(16-18)38(34,35)21-8-6-20(7-9-21)25(31)30(13-12-28(3)4)26-27-23-11-10-22(37(5,32)33)15-24(23)36-26;/h6-11,15,18-19H,12-14,16-17H2,1-5H3;1H. The Balaban J connectivity index is 0.00000420. The van der Waals surface area contributed by atoms with Gasteiger partial charge in [0, 0.05) is 38.0 Å². The Hall–Kier alpha value is -2.09. The lowest BCUT2D eigenvalue weighted by atomic mass is 9.94. The molecule has 1 aromatic heterocycles. The lowest BCUT2D eigenvalue weighted by molar-refractivity contribution is 0.0985. The van der Waals surface area contributed by atoms with Gasteiger partial charge in [-0.1, -0.05) is 25.2 Å². The molecular weight excluding hydrogens is 580 g/mol. The lowest BCUT2D eigenvalue weighted by Gasteiger charge is -2.34. The Morgan fingerprint density at radius 3 is 2.13 bits per heavy atom. The maximum Gasteiger partial charge on any atom is 0.260 e. The second kappa shape index (κ2) is 12.2. The average Bonchev–Trinajstić information content (AvgIpc) is 3.26. The van der Waals surface area contributed by atoms with Crippen molar-refractivity contribution in [3.05, 3.63) is 48.0 Å². The highest BCUT2D eigenvalue weighted by Crippen LogP contribution is 2.32. The number of hydrogen-bond acceptors (Lipinski definition) is 8. The van der Waals surface area contributed by atoms with E-state index in [-0.39, 0.29) is 28.1 Å². The van der Waals surface area contributed by atoms with Crippen molar-refractivity contribution in [2.75, 3.05) is 51.4 Å². The Labute approximate surface area is 241 Å². The predicted octanol–water partition coefficient (Wildman–Crippen LogP) is 4.00. The molecule has 0 spiro atoms. The number of halogens is 1. The summed E-state index contributed by atoms with van der Waals surface area (Å²) in [7, 11) is -3.22. The van der Waals surface area contributed by atoms with Gasteiger partial charge in [0.2, 0.25) is 10.0 Å². The van der Waals surface area contributed by atoms with Crippen LogP contribution in [-0.2, 0) is 19.9 Å². The Kier molecular flexibility index (Phi) is 9.83. The third kappa shape index (κ3) is 7.17. The van der Waals surface area contributed by atoms with E-state index in [1.807, 2.05) is 19.0 Å². The van der Waals surface area contributed by atoms with Gasteiger partial charge < -0.3 is 4.90 Å². The molecule has 1 saturated heterocycles. The molecule has 9 nitrogen and oxygen atoms in total. The van der Waals surface area contributed by atoms with Crippen LogP contribution < -0.4 is 4.90 Å². The van der Waals surface area contributed by atoms with E-state index in [2.05, 4.69) is 18.8 Å². The number of nitrogens with zero attached hydrogens (tertiary/aromatic N) is 4. The van der Waals surface area contributed by atoms with Crippen LogP contribution in [0.5, 0.6) is 0 Å². The predicted molar refractivity (Wildman–Crippen MR) is 158 cm³/mol. The van der Waals surface area contributed by atoms with Crippen LogP contribution in [0.2, 0.25) is 0 Å². The van der Waals surface area contributed by atoms with E-state index in [1.54, 1.807) is 29.2 Å². The van der Waals surface area contributed by atoms with E-state index >= 15 is 0 Å². The van der Waals surface area contributed by atoms with E-state index in [4.69, 9.17) is 0 Å². The zero-order valence-electron chi connectivity index (χ0n) is 22.7. The van der Waals surface area contributed by atoms with Crippen LogP contribution in [0.3, 0.4) is 0 Å². The molecule has 2 heterocycles. The molecule has 214 valence electrons. The molecule has 2 aromatic carbocycles. The van der Waals surface area contributed by atoms with Gasteiger partial charge in [-0.2, -0.15) is 4.31 Å². The Morgan fingerprint density at radius 2 is 1.56 bits per heavy atom. The van der Waals surface area contributed by atoms with Crippen molar-refractivity contribution in [1.82, 2.24) is 14.2 Å². The highest BCUT2D eigenvalue weighted by atomic mass is 35.5. The number of likely N-dealkylation sites (N-methyl/N-ethyl adjacent to an activating group) is 1. The highest BCUT2D eigenvalue weighted by Gasteiger charge is 2.32. The fourth-order valence-corrected chi connectivity index (χ4v) is 8.13. The number of hydrogen-bond donors (Lipinski definition) is 0. The van der Waals surface area contributed by atoms with Crippen LogP contribution in [-0.4, -0.2) is 83.5 Å². The number of sulfonamides is 1. The summed E-state index contributed by atoms with van der Waals surface area (Å²) in [6.45, 7) is 6.04. The average molecular weight is 615 g/mol. The van der Waals surface area contributed by atoms with Crippen LogP contribution in [0.4, 0.5) is 5.13 Å². The SMILES string of the molecule is CC1CC(C)CN(S(=O)(=O)c2ccc(C(=O)N(CCN(C)C)c3nc4ccc(S(C)(=O)=O)cc4s3)cc2)C1.Cl. The largest absolute Gasteiger partial charge is 0.308 e. The zero-order valence-corrected chi connectivity index (χ0v) is 26.0. The fraction of sp³-hybridized carbons (Fsp3) is 0.462. The smallest absolute Gasteiger partial charge is 0.260 e. The molecule has 3 aromatic rings. The summed E-state index contributed by atoms with van der Waals surface area (Å²) in [6.07, 6.45) is 2.16. The number of rotatable bonds is 8. The summed E-state index contributed by atoms with van der Waals surface area (Å²) in [6, 6.07) is 10.8. The summed E-state index contributed by atoms with van der Waals surface area (Å²) >= 11 is 1.25. The number of thiazole rings is 1. The monoisotopic (exact) mass is 614 g/mol. The molecule has 0 saturated carbocycles. The third-order valence-electron chi connectivity index (χ3n) is 6.60. The number of benzene rings is 2. The van der Waals surface area contributed by atoms with Crippen LogP contribution in [0.15, 0.2) is 52.3 Å². The summed E-state index contributed by atoms with van der Waals surface area (Å²) in [4.78, 5) is 22.1. The first kappa shape index (κ1) is 31.4. The van der Waals surface area contributed by atoms with Crippen molar-refractivity contribution >= 4 is 64.9 Å². The van der Waals surface area contributed by atoms with Gasteiger partial charge in [0.05, 0.1) is 20.0 Å². The number of piperidine rings is 1. The highest BCUT2D eigenvalue weighted by molar-refractivity contribution is 7.90. The van der Waals surface area contributed by atoms with Crippen molar-refractivity contribution in [2.45, 2.75) is 30.1 Å². The van der Waals surface area contributed by atoms with Gasteiger partial charge in [-0.25, -0.2) is 21.8 Å². The second-order valence-electron chi connectivity index (χ2n) is 10.5. The molecule has 2 unspecified atom stereocenters. The topological polar surface area (TPSA) is 108 Å². The van der Waals surface area contributed by atoms with E-state index in [0.29, 0.717) is 58.9 Å². The molecule has 0 radical (unpaired) electrons. The van der Waals surface area contributed by atoms with Crippen molar-refractivity contribution in [3.63, 3.8) is 0 Å². The minimum atomic E-state index is -3.66. The van der Waals surface area contributed by atoms with Crippen LogP contribution >= 0.6 is 23.7 Å². The number of aromatic nitrogens is 1. The first-order valence-corrected chi connectivity index (χ1v) is 16.6. The molecule has 39 heavy (non-hydrogen) atoms. The molecule has 1 fully saturated rings. The lowest BCUT2D eigenvalue weighted by Crippen LogP contribution is -2.42. The van der Waals surface area contributed by atoms with Gasteiger partial charge in [-0.05, 0) is 74.8 Å². The minimum Gasteiger partial charge on any atom is -0.308 e. The van der Waals surface area contributed by atoms with Crippen LogP contribution in [0.1, 0.15) is 30.6 Å². The molecule has 13 heteroatoms. The number of amides is 1. The van der Waals surface area contributed by atoms with Gasteiger partial charge in [0.15, 0.2) is 15.0 Å². The van der Waals surface area contributed by atoms with Gasteiger partial charge in [-0.3, -0.25) is 9.69 Å². The third-order valence-corrected chi connectivity index (χ3v) is 10.6.